The first-order valence-corrected chi connectivity index (χ1v) is 3.97. The Hall–Kier alpha value is -0.630. The first kappa shape index (κ1) is 6.10. The zero-order valence-electron chi connectivity index (χ0n) is 5.34. The normalized spacial score (nSPS) is 13.7. The number of pyridine rings is 1. The summed E-state index contributed by atoms with van der Waals surface area (Å²) < 4.78 is 1.14. The second-order valence-electron chi connectivity index (χ2n) is 2.26. The highest BCUT2D eigenvalue weighted by atomic mass is 79.9. The van der Waals surface area contributed by atoms with Gasteiger partial charge in [-0.25, -0.2) is 0 Å². The van der Waals surface area contributed by atoms with E-state index in [1.54, 1.807) is 0 Å². The number of hydrogen-bond acceptors (Lipinski definition) is 1. The van der Waals surface area contributed by atoms with Crippen LogP contribution in [-0.4, -0.2) is 4.98 Å². The van der Waals surface area contributed by atoms with Crippen LogP contribution in [0.2, 0.25) is 0 Å². The summed E-state index contributed by atoms with van der Waals surface area (Å²) in [6, 6.07) is 1.97. The minimum atomic E-state index is 0.981. The lowest BCUT2D eigenvalue weighted by Gasteiger charge is -1.97. The van der Waals surface area contributed by atoms with Gasteiger partial charge in [0.25, 0.3) is 0 Å². The quantitative estimate of drug-likeness (QED) is 0.620. The van der Waals surface area contributed by atoms with Crippen molar-refractivity contribution in [2.24, 2.45) is 0 Å². The van der Waals surface area contributed by atoms with Crippen LogP contribution in [0.15, 0.2) is 22.8 Å². The van der Waals surface area contributed by atoms with E-state index in [-0.39, 0.29) is 0 Å². The molecular weight excluding hydrogens is 190 g/mol. The van der Waals surface area contributed by atoms with Crippen molar-refractivity contribution in [3.05, 3.63) is 34.1 Å². The molecule has 0 N–H and O–H groups in total. The monoisotopic (exact) mass is 195 g/mol. The molecule has 50 valence electrons. The molecule has 0 amide bonds. The Morgan fingerprint density at radius 3 is 3.20 bits per heavy atom. The number of rotatable bonds is 0. The molecule has 10 heavy (non-hydrogen) atoms. The van der Waals surface area contributed by atoms with Crippen molar-refractivity contribution in [3.63, 3.8) is 0 Å². The van der Waals surface area contributed by atoms with Crippen LogP contribution in [0, 0.1) is 0 Å². The van der Waals surface area contributed by atoms with E-state index in [0.29, 0.717) is 0 Å². The van der Waals surface area contributed by atoms with Crippen molar-refractivity contribution in [2.75, 3.05) is 0 Å². The second-order valence-corrected chi connectivity index (χ2v) is 3.11. The zero-order valence-corrected chi connectivity index (χ0v) is 6.93. The summed E-state index contributed by atoms with van der Waals surface area (Å²) in [5.74, 6) is 0. The molecule has 1 aliphatic carbocycles. The first-order chi connectivity index (χ1) is 4.88. The molecular formula is C8H6BrN. The topological polar surface area (TPSA) is 12.9 Å². The van der Waals surface area contributed by atoms with E-state index in [2.05, 4.69) is 33.1 Å². The van der Waals surface area contributed by atoms with Crippen LogP contribution in [0.25, 0.3) is 6.08 Å². The lowest BCUT2D eigenvalue weighted by atomic mass is 10.2. The summed E-state index contributed by atoms with van der Waals surface area (Å²) in [5, 5.41) is 0. The van der Waals surface area contributed by atoms with Gasteiger partial charge in [0.2, 0.25) is 0 Å². The number of allylic oxidation sites excluding steroid dienone is 1. The molecule has 0 fully saturated rings. The van der Waals surface area contributed by atoms with Crippen molar-refractivity contribution in [2.45, 2.75) is 6.42 Å². The van der Waals surface area contributed by atoms with Gasteiger partial charge in [-0.3, -0.25) is 4.98 Å². The molecule has 1 nitrogen and oxygen atoms in total. The Kier molecular flexibility index (Phi) is 1.34. The number of aromatic nitrogens is 1. The molecule has 0 aromatic carbocycles. The lowest BCUT2D eigenvalue weighted by molar-refractivity contribution is 1.12. The maximum Gasteiger partial charge on any atom is 0.0524 e. The van der Waals surface area contributed by atoms with E-state index in [9.17, 15) is 0 Å². The maximum absolute atomic E-state index is 4.23. The second kappa shape index (κ2) is 2.20. The van der Waals surface area contributed by atoms with Gasteiger partial charge in [-0.2, -0.15) is 0 Å². The first-order valence-electron chi connectivity index (χ1n) is 3.18. The highest BCUT2D eigenvalue weighted by molar-refractivity contribution is 9.10. The van der Waals surface area contributed by atoms with E-state index in [0.717, 1.165) is 10.9 Å². The molecule has 0 radical (unpaired) electrons. The minimum Gasteiger partial charge on any atom is -0.260 e. The highest BCUT2D eigenvalue weighted by Crippen LogP contribution is 2.24. The summed E-state index contributed by atoms with van der Waals surface area (Å²) in [6.45, 7) is 0. The number of halogens is 1. The summed E-state index contributed by atoms with van der Waals surface area (Å²) in [6.07, 6.45) is 7.04. The fourth-order valence-corrected chi connectivity index (χ4v) is 1.60. The Morgan fingerprint density at radius 2 is 2.40 bits per heavy atom. The van der Waals surface area contributed by atoms with Crippen LogP contribution < -0.4 is 0 Å². The van der Waals surface area contributed by atoms with E-state index >= 15 is 0 Å². The Bertz CT molecular complexity index is 291. The molecule has 1 aromatic heterocycles. The fourth-order valence-electron chi connectivity index (χ4n) is 1.12. The van der Waals surface area contributed by atoms with Crippen molar-refractivity contribution < 1.29 is 0 Å². The van der Waals surface area contributed by atoms with Crippen LogP contribution in [0.4, 0.5) is 0 Å². The maximum atomic E-state index is 4.23. The molecule has 1 aromatic rings. The predicted octanol–water partition coefficient (Wildman–Crippen LogP) is 2.41. The van der Waals surface area contributed by atoms with E-state index < -0.39 is 0 Å². The summed E-state index contributed by atoms with van der Waals surface area (Å²) in [4.78, 5) is 4.23. The molecule has 0 atom stereocenters. The number of hydrogen-bond donors (Lipinski definition) is 0. The van der Waals surface area contributed by atoms with Gasteiger partial charge in [-0.1, -0.05) is 28.1 Å². The Morgan fingerprint density at radius 1 is 1.50 bits per heavy atom. The van der Waals surface area contributed by atoms with Crippen LogP contribution in [0.1, 0.15) is 11.3 Å². The third-order valence-corrected chi connectivity index (χ3v) is 2.31. The zero-order chi connectivity index (χ0) is 6.97. The van der Waals surface area contributed by atoms with E-state index in [4.69, 9.17) is 0 Å². The fraction of sp³-hybridized carbons (Fsp3) is 0.125. The van der Waals surface area contributed by atoms with Crippen LogP contribution in [0.5, 0.6) is 0 Å². The van der Waals surface area contributed by atoms with Crippen LogP contribution >= 0.6 is 15.9 Å². The molecule has 2 heteroatoms. The summed E-state index contributed by atoms with van der Waals surface area (Å²) in [7, 11) is 0. The third-order valence-electron chi connectivity index (χ3n) is 1.62. The standard InChI is InChI=1S/C8H6BrN/c9-7-4-5-10-8-3-1-2-6(7)8/h1-2,4-5H,3H2. The molecule has 0 unspecified atom stereocenters. The van der Waals surface area contributed by atoms with Gasteiger partial charge in [-0.05, 0) is 6.07 Å². The average Bonchev–Trinajstić information content (AvgIpc) is 2.36. The lowest BCUT2D eigenvalue weighted by Crippen LogP contribution is -1.86. The largest absolute Gasteiger partial charge is 0.260 e. The van der Waals surface area contributed by atoms with Gasteiger partial charge in [0.15, 0.2) is 0 Å². The molecule has 0 aliphatic heterocycles. The average molecular weight is 196 g/mol. The van der Waals surface area contributed by atoms with Crippen molar-refractivity contribution in [1.29, 1.82) is 0 Å². The molecule has 2 rings (SSSR count). The van der Waals surface area contributed by atoms with Gasteiger partial charge in [-0.15, -0.1) is 0 Å². The molecule has 1 aliphatic rings. The Labute approximate surface area is 67.9 Å². The summed E-state index contributed by atoms with van der Waals surface area (Å²) >= 11 is 3.46. The van der Waals surface area contributed by atoms with Crippen molar-refractivity contribution in [3.8, 4) is 0 Å². The number of nitrogens with zero attached hydrogens (tertiary/aromatic N) is 1. The molecule has 0 spiro atoms. The van der Waals surface area contributed by atoms with Gasteiger partial charge in [0, 0.05) is 22.7 Å². The van der Waals surface area contributed by atoms with Gasteiger partial charge < -0.3 is 0 Å². The SMILES string of the molecule is Brc1ccnc2c1C=CC2. The number of fused-ring (bicyclic) bond motifs is 1. The van der Waals surface area contributed by atoms with Crippen molar-refractivity contribution in [1.82, 2.24) is 4.98 Å². The predicted molar refractivity (Wildman–Crippen MR) is 44.7 cm³/mol. The van der Waals surface area contributed by atoms with Gasteiger partial charge >= 0.3 is 0 Å². The minimum absolute atomic E-state index is 0.981. The Balaban J connectivity index is 2.67. The molecule has 0 bridgehead atoms. The highest BCUT2D eigenvalue weighted by Gasteiger charge is 2.07. The van der Waals surface area contributed by atoms with Crippen LogP contribution in [0.3, 0.4) is 0 Å². The van der Waals surface area contributed by atoms with Gasteiger partial charge in [0.1, 0.15) is 0 Å². The molecule has 0 saturated carbocycles. The van der Waals surface area contributed by atoms with E-state index in [1.807, 2.05) is 12.3 Å². The smallest absolute Gasteiger partial charge is 0.0524 e. The van der Waals surface area contributed by atoms with Crippen molar-refractivity contribution >= 4 is 22.0 Å². The third kappa shape index (κ3) is 0.797. The van der Waals surface area contributed by atoms with E-state index in [1.165, 1.54) is 11.3 Å². The van der Waals surface area contributed by atoms with Crippen LogP contribution in [-0.2, 0) is 6.42 Å². The molecule has 0 saturated heterocycles. The van der Waals surface area contributed by atoms with Gasteiger partial charge in [0.05, 0.1) is 5.69 Å². The molecule has 1 heterocycles. The summed E-state index contributed by atoms with van der Waals surface area (Å²) in [5.41, 5.74) is 2.41.